The Morgan fingerprint density at radius 1 is 1.04 bits per heavy atom. The highest BCUT2D eigenvalue weighted by atomic mass is 32.2. The fourth-order valence-corrected chi connectivity index (χ4v) is 3.50. The second-order valence-corrected chi connectivity index (χ2v) is 9.63. The molecule has 1 aromatic rings. The van der Waals surface area contributed by atoms with Gasteiger partial charge in [0.05, 0.1) is 16.4 Å². The molecule has 0 aromatic heterocycles. The van der Waals surface area contributed by atoms with Crippen molar-refractivity contribution in [3.8, 4) is 0 Å². The van der Waals surface area contributed by atoms with Crippen LogP contribution in [0.2, 0.25) is 0 Å². The zero-order chi connectivity index (χ0) is 18.0. The molecule has 0 fully saturated rings. The van der Waals surface area contributed by atoms with E-state index in [2.05, 4.69) is 0 Å². The molecule has 1 rings (SSSR count). The molecule has 0 saturated heterocycles. The van der Waals surface area contributed by atoms with Gasteiger partial charge in [-0.15, -0.1) is 0 Å². The number of nitrogens with zero attached hydrogens (tertiary/aromatic N) is 1. The van der Waals surface area contributed by atoms with Crippen molar-refractivity contribution in [2.24, 2.45) is 0 Å². The molecule has 0 aliphatic heterocycles. The van der Waals surface area contributed by atoms with Crippen LogP contribution >= 0.6 is 0 Å². The Morgan fingerprint density at radius 2 is 1.52 bits per heavy atom. The van der Waals surface area contributed by atoms with Gasteiger partial charge in [0, 0.05) is 11.6 Å². The van der Waals surface area contributed by atoms with Crippen LogP contribution in [0.5, 0.6) is 0 Å². The van der Waals surface area contributed by atoms with Crippen molar-refractivity contribution in [2.45, 2.75) is 36.2 Å². The maximum absolute atomic E-state index is 11.7. The lowest BCUT2D eigenvalue weighted by Crippen LogP contribution is -2.20. The SMILES string of the molecule is CC(O)S(=O)(=O)Cc1ccc([N+](=O)[O-])c(CS(=O)(=O)C(C)O)c1. The van der Waals surface area contributed by atoms with E-state index < -0.39 is 52.7 Å². The highest BCUT2D eigenvalue weighted by Crippen LogP contribution is 2.25. The van der Waals surface area contributed by atoms with Crippen LogP contribution in [0.4, 0.5) is 5.69 Å². The molecule has 9 nitrogen and oxygen atoms in total. The summed E-state index contributed by atoms with van der Waals surface area (Å²) in [5, 5.41) is 29.4. The highest BCUT2D eigenvalue weighted by Gasteiger charge is 2.26. The molecule has 0 heterocycles. The van der Waals surface area contributed by atoms with Gasteiger partial charge in [0.25, 0.3) is 5.69 Å². The average Bonchev–Trinajstić information content (AvgIpc) is 2.37. The van der Waals surface area contributed by atoms with Gasteiger partial charge in [0.15, 0.2) is 30.5 Å². The Hall–Kier alpha value is -1.56. The zero-order valence-corrected chi connectivity index (χ0v) is 14.0. The van der Waals surface area contributed by atoms with Gasteiger partial charge in [-0.3, -0.25) is 10.1 Å². The van der Waals surface area contributed by atoms with Crippen LogP contribution in [0.3, 0.4) is 0 Å². The summed E-state index contributed by atoms with van der Waals surface area (Å²) >= 11 is 0. The zero-order valence-electron chi connectivity index (χ0n) is 12.4. The topological polar surface area (TPSA) is 152 Å². The van der Waals surface area contributed by atoms with Gasteiger partial charge in [-0.2, -0.15) is 0 Å². The standard InChI is InChI=1S/C12H17NO8S2/c1-8(14)22(18,19)6-10-3-4-12(13(16)17)11(5-10)7-23(20,21)9(2)15/h3-5,8-9,14-15H,6-7H2,1-2H3. The summed E-state index contributed by atoms with van der Waals surface area (Å²) in [6.45, 7) is 2.09. The minimum absolute atomic E-state index is 0.104. The molecule has 0 saturated carbocycles. The van der Waals surface area contributed by atoms with Crippen molar-refractivity contribution in [1.29, 1.82) is 0 Å². The van der Waals surface area contributed by atoms with Crippen molar-refractivity contribution >= 4 is 25.4 Å². The Bertz CT molecular complexity index is 796. The number of hydrogen-bond acceptors (Lipinski definition) is 8. The second kappa shape index (κ2) is 6.91. The van der Waals surface area contributed by atoms with Gasteiger partial charge in [-0.25, -0.2) is 16.8 Å². The molecule has 0 amide bonds. The van der Waals surface area contributed by atoms with Gasteiger partial charge in [-0.1, -0.05) is 6.07 Å². The second-order valence-electron chi connectivity index (χ2n) is 5.03. The molecular weight excluding hydrogens is 350 g/mol. The minimum atomic E-state index is -4.03. The van der Waals surface area contributed by atoms with Crippen LogP contribution in [-0.2, 0) is 31.2 Å². The number of nitro benzene ring substituents is 1. The predicted molar refractivity (Wildman–Crippen MR) is 81.7 cm³/mol. The number of sulfone groups is 2. The molecule has 23 heavy (non-hydrogen) atoms. The summed E-state index contributed by atoms with van der Waals surface area (Å²) in [4.78, 5) is 10.2. The summed E-state index contributed by atoms with van der Waals surface area (Å²) in [5.74, 6) is -1.39. The Labute approximate surface area is 133 Å². The molecule has 2 atom stereocenters. The first-order valence-electron chi connectivity index (χ1n) is 6.42. The van der Waals surface area contributed by atoms with E-state index in [1.807, 2.05) is 0 Å². The monoisotopic (exact) mass is 367 g/mol. The number of aliphatic hydroxyl groups is 2. The third-order valence-electron chi connectivity index (χ3n) is 3.10. The van der Waals surface area contributed by atoms with Crippen LogP contribution in [0.1, 0.15) is 25.0 Å². The van der Waals surface area contributed by atoms with E-state index in [1.54, 1.807) is 0 Å². The van der Waals surface area contributed by atoms with Gasteiger partial charge >= 0.3 is 0 Å². The minimum Gasteiger partial charge on any atom is -0.377 e. The number of rotatable bonds is 7. The maximum atomic E-state index is 11.7. The van der Waals surface area contributed by atoms with Crippen LogP contribution in [0.15, 0.2) is 18.2 Å². The third-order valence-corrected chi connectivity index (χ3v) is 6.63. The number of hydrogen-bond donors (Lipinski definition) is 2. The van der Waals surface area contributed by atoms with Gasteiger partial charge in [-0.05, 0) is 25.5 Å². The van der Waals surface area contributed by atoms with E-state index in [1.165, 1.54) is 6.07 Å². The molecule has 0 aliphatic carbocycles. The first-order chi connectivity index (χ1) is 10.4. The van der Waals surface area contributed by atoms with Crippen LogP contribution in [0, 0.1) is 10.1 Å². The van der Waals surface area contributed by atoms with Crippen LogP contribution in [0.25, 0.3) is 0 Å². The largest absolute Gasteiger partial charge is 0.377 e. The molecule has 2 unspecified atom stereocenters. The van der Waals surface area contributed by atoms with E-state index >= 15 is 0 Å². The average molecular weight is 367 g/mol. The fraction of sp³-hybridized carbons (Fsp3) is 0.500. The van der Waals surface area contributed by atoms with Crippen molar-refractivity contribution in [2.75, 3.05) is 0 Å². The lowest BCUT2D eigenvalue weighted by Gasteiger charge is -2.10. The van der Waals surface area contributed by atoms with Crippen molar-refractivity contribution in [1.82, 2.24) is 0 Å². The van der Waals surface area contributed by atoms with Crippen molar-refractivity contribution in [3.63, 3.8) is 0 Å². The van der Waals surface area contributed by atoms with E-state index in [9.17, 15) is 37.2 Å². The fourth-order valence-electron chi connectivity index (χ4n) is 1.71. The first-order valence-corrected chi connectivity index (χ1v) is 9.85. The van der Waals surface area contributed by atoms with Gasteiger partial charge in [0.2, 0.25) is 0 Å². The summed E-state index contributed by atoms with van der Waals surface area (Å²) in [5.41, 5.74) is -3.96. The lowest BCUT2D eigenvalue weighted by molar-refractivity contribution is -0.385. The van der Waals surface area contributed by atoms with Crippen LogP contribution < -0.4 is 0 Å². The van der Waals surface area contributed by atoms with Gasteiger partial charge in [0.1, 0.15) is 0 Å². The summed E-state index contributed by atoms with van der Waals surface area (Å²) in [6, 6.07) is 3.26. The Balaban J connectivity index is 3.32. The maximum Gasteiger partial charge on any atom is 0.273 e. The van der Waals surface area contributed by atoms with E-state index in [0.717, 1.165) is 26.0 Å². The van der Waals surface area contributed by atoms with Crippen LogP contribution in [-0.4, -0.2) is 42.8 Å². The third kappa shape index (κ3) is 4.96. The summed E-state index contributed by atoms with van der Waals surface area (Å²) in [6.07, 6.45) is 0. The van der Waals surface area contributed by atoms with E-state index in [0.29, 0.717) is 0 Å². The number of aliphatic hydroxyl groups excluding tert-OH is 2. The molecular formula is C12H17NO8S2. The smallest absolute Gasteiger partial charge is 0.273 e. The summed E-state index contributed by atoms with van der Waals surface area (Å²) in [7, 11) is -7.91. The molecule has 0 radical (unpaired) electrons. The van der Waals surface area contributed by atoms with E-state index in [-0.39, 0.29) is 11.1 Å². The normalized spacial score (nSPS) is 15.1. The first kappa shape index (κ1) is 19.5. The lowest BCUT2D eigenvalue weighted by atomic mass is 10.1. The number of nitro groups is 1. The molecule has 130 valence electrons. The molecule has 1 aromatic carbocycles. The number of benzene rings is 1. The summed E-state index contributed by atoms with van der Waals surface area (Å²) < 4.78 is 46.9. The Morgan fingerprint density at radius 3 is 1.96 bits per heavy atom. The molecule has 0 spiro atoms. The highest BCUT2D eigenvalue weighted by molar-refractivity contribution is 7.91. The predicted octanol–water partition coefficient (Wildman–Crippen LogP) is 0.101. The Kier molecular flexibility index (Phi) is 5.85. The molecule has 0 aliphatic rings. The molecule has 11 heteroatoms. The molecule has 2 N–H and O–H groups in total. The van der Waals surface area contributed by atoms with E-state index in [4.69, 9.17) is 0 Å². The van der Waals surface area contributed by atoms with Gasteiger partial charge < -0.3 is 10.2 Å². The quantitative estimate of drug-likeness (QED) is 0.508. The van der Waals surface area contributed by atoms with Crippen molar-refractivity contribution in [3.05, 3.63) is 39.4 Å². The van der Waals surface area contributed by atoms with Crippen molar-refractivity contribution < 1.29 is 32.0 Å². The molecule has 0 bridgehead atoms.